The van der Waals surface area contributed by atoms with E-state index in [1.165, 1.54) is 13.2 Å². The number of benzene rings is 1. The third-order valence-electron chi connectivity index (χ3n) is 3.09. The van der Waals surface area contributed by atoms with Gasteiger partial charge in [0.05, 0.1) is 27.4 Å². The van der Waals surface area contributed by atoms with E-state index in [1.54, 1.807) is 32.4 Å². The number of carbonyl (C=O) groups is 1. The van der Waals surface area contributed by atoms with Crippen LogP contribution in [0.5, 0.6) is 11.5 Å². The quantitative estimate of drug-likeness (QED) is 0.850. The number of hydrogen-bond donors (Lipinski definition) is 1. The van der Waals surface area contributed by atoms with Gasteiger partial charge >= 0.3 is 5.97 Å². The van der Waals surface area contributed by atoms with Gasteiger partial charge in [-0.25, -0.2) is 4.79 Å². The van der Waals surface area contributed by atoms with Crippen LogP contribution < -0.4 is 15.2 Å². The summed E-state index contributed by atoms with van der Waals surface area (Å²) in [5.41, 5.74) is 6.92. The van der Waals surface area contributed by atoms with Gasteiger partial charge in [0.2, 0.25) is 5.76 Å². The third-order valence-corrected chi connectivity index (χ3v) is 3.09. The first kappa shape index (κ1) is 14.9. The molecule has 0 fully saturated rings. The van der Waals surface area contributed by atoms with Crippen LogP contribution in [0.25, 0.3) is 0 Å². The fourth-order valence-corrected chi connectivity index (χ4v) is 1.94. The molecule has 112 valence electrons. The molecule has 21 heavy (non-hydrogen) atoms. The zero-order valence-electron chi connectivity index (χ0n) is 12.1. The van der Waals surface area contributed by atoms with Crippen molar-refractivity contribution in [1.82, 2.24) is 0 Å². The summed E-state index contributed by atoms with van der Waals surface area (Å²) in [6.07, 6.45) is 0. The van der Waals surface area contributed by atoms with Crippen LogP contribution in [0.2, 0.25) is 0 Å². The Hall–Kier alpha value is -2.47. The Bertz CT molecular complexity index is 635. The molecular formula is C15H17NO5. The highest BCUT2D eigenvalue weighted by Gasteiger charge is 2.18. The molecule has 6 heteroatoms. The number of esters is 1. The molecule has 0 saturated carbocycles. The van der Waals surface area contributed by atoms with E-state index in [2.05, 4.69) is 4.74 Å². The molecule has 1 heterocycles. The van der Waals surface area contributed by atoms with Crippen molar-refractivity contribution in [3.63, 3.8) is 0 Å². The van der Waals surface area contributed by atoms with Crippen molar-refractivity contribution >= 4 is 5.97 Å². The standard InChI is InChI=1S/C15H17NO5/c1-18-10-5-4-9(8-13(10)19-2)14(16)11-6-7-12(21-11)15(17)20-3/h4-8,14H,16H2,1-3H3. The zero-order chi connectivity index (χ0) is 15.4. The molecule has 1 aromatic carbocycles. The van der Waals surface area contributed by atoms with Gasteiger partial charge in [0.15, 0.2) is 11.5 Å². The van der Waals surface area contributed by atoms with Gasteiger partial charge in [0.25, 0.3) is 0 Å². The third kappa shape index (κ3) is 3.00. The first-order valence-corrected chi connectivity index (χ1v) is 6.26. The minimum absolute atomic E-state index is 0.114. The van der Waals surface area contributed by atoms with Crippen LogP contribution in [-0.2, 0) is 4.74 Å². The van der Waals surface area contributed by atoms with Crippen molar-refractivity contribution in [1.29, 1.82) is 0 Å². The Morgan fingerprint density at radius 2 is 1.81 bits per heavy atom. The van der Waals surface area contributed by atoms with E-state index in [0.717, 1.165) is 5.56 Å². The lowest BCUT2D eigenvalue weighted by molar-refractivity contribution is 0.0562. The van der Waals surface area contributed by atoms with Gasteiger partial charge < -0.3 is 24.4 Å². The molecule has 0 aliphatic carbocycles. The van der Waals surface area contributed by atoms with Crippen molar-refractivity contribution < 1.29 is 23.4 Å². The predicted octanol–water partition coefficient (Wildman–Crippen LogP) is 2.13. The molecule has 2 rings (SSSR count). The lowest BCUT2D eigenvalue weighted by Gasteiger charge is -2.13. The highest BCUT2D eigenvalue weighted by Crippen LogP contribution is 2.31. The Morgan fingerprint density at radius 1 is 1.10 bits per heavy atom. The molecule has 0 amide bonds. The van der Waals surface area contributed by atoms with Crippen molar-refractivity contribution in [2.45, 2.75) is 6.04 Å². The second kappa shape index (κ2) is 6.32. The molecule has 2 aromatic rings. The summed E-state index contributed by atoms with van der Waals surface area (Å²) < 4.78 is 20.4. The number of furan rings is 1. The molecule has 0 aliphatic rings. The summed E-state index contributed by atoms with van der Waals surface area (Å²) >= 11 is 0. The molecule has 0 aliphatic heterocycles. The summed E-state index contributed by atoms with van der Waals surface area (Å²) in [5, 5.41) is 0. The number of ether oxygens (including phenoxy) is 3. The summed E-state index contributed by atoms with van der Waals surface area (Å²) in [6.45, 7) is 0. The fraction of sp³-hybridized carbons (Fsp3) is 0.267. The van der Waals surface area contributed by atoms with Crippen LogP contribution in [-0.4, -0.2) is 27.3 Å². The normalized spacial score (nSPS) is 11.8. The first-order chi connectivity index (χ1) is 10.1. The van der Waals surface area contributed by atoms with Gasteiger partial charge in [0, 0.05) is 0 Å². The van der Waals surface area contributed by atoms with E-state index in [-0.39, 0.29) is 5.76 Å². The molecule has 0 saturated heterocycles. The van der Waals surface area contributed by atoms with Crippen LogP contribution in [0.15, 0.2) is 34.7 Å². The van der Waals surface area contributed by atoms with Crippen LogP contribution in [0, 0.1) is 0 Å². The van der Waals surface area contributed by atoms with E-state index in [9.17, 15) is 4.79 Å². The smallest absolute Gasteiger partial charge is 0.373 e. The molecule has 0 spiro atoms. The Morgan fingerprint density at radius 3 is 2.43 bits per heavy atom. The highest BCUT2D eigenvalue weighted by atomic mass is 16.5. The topological polar surface area (TPSA) is 83.9 Å². The van der Waals surface area contributed by atoms with Crippen LogP contribution >= 0.6 is 0 Å². The lowest BCUT2D eigenvalue weighted by Crippen LogP contribution is -2.11. The van der Waals surface area contributed by atoms with Crippen molar-refractivity contribution in [2.24, 2.45) is 5.73 Å². The minimum atomic E-state index is -0.541. The van der Waals surface area contributed by atoms with E-state index in [0.29, 0.717) is 17.3 Å². The van der Waals surface area contributed by atoms with Gasteiger partial charge in [-0.15, -0.1) is 0 Å². The SMILES string of the molecule is COC(=O)c1ccc(C(N)c2ccc(OC)c(OC)c2)o1. The van der Waals surface area contributed by atoms with Gasteiger partial charge in [-0.05, 0) is 29.8 Å². The molecule has 6 nitrogen and oxygen atoms in total. The van der Waals surface area contributed by atoms with Crippen molar-refractivity contribution in [2.75, 3.05) is 21.3 Å². The van der Waals surface area contributed by atoms with Crippen LogP contribution in [0.3, 0.4) is 0 Å². The fourth-order valence-electron chi connectivity index (χ4n) is 1.94. The average Bonchev–Trinajstić information content (AvgIpc) is 3.02. The van der Waals surface area contributed by atoms with Gasteiger partial charge in [-0.2, -0.15) is 0 Å². The van der Waals surface area contributed by atoms with E-state index < -0.39 is 12.0 Å². The highest BCUT2D eigenvalue weighted by molar-refractivity contribution is 5.86. The summed E-state index contributed by atoms with van der Waals surface area (Å²) in [6, 6.07) is 7.99. The number of nitrogens with two attached hydrogens (primary N) is 1. The average molecular weight is 291 g/mol. The Kier molecular flexibility index (Phi) is 4.49. The largest absolute Gasteiger partial charge is 0.493 e. The summed E-state index contributed by atoms with van der Waals surface area (Å²) in [4.78, 5) is 11.4. The minimum Gasteiger partial charge on any atom is -0.493 e. The maximum absolute atomic E-state index is 11.4. The molecule has 2 N–H and O–H groups in total. The molecular weight excluding hydrogens is 274 g/mol. The summed E-state index contributed by atoms with van der Waals surface area (Å²) in [7, 11) is 4.40. The maximum Gasteiger partial charge on any atom is 0.373 e. The van der Waals surface area contributed by atoms with Gasteiger partial charge in [-0.3, -0.25) is 0 Å². The number of rotatable bonds is 5. The second-order valence-electron chi connectivity index (χ2n) is 4.29. The van der Waals surface area contributed by atoms with Gasteiger partial charge in [0.1, 0.15) is 5.76 Å². The number of hydrogen-bond acceptors (Lipinski definition) is 6. The lowest BCUT2D eigenvalue weighted by atomic mass is 10.0. The molecule has 1 atom stereocenters. The van der Waals surface area contributed by atoms with Gasteiger partial charge in [-0.1, -0.05) is 6.07 Å². The van der Waals surface area contributed by atoms with Crippen LogP contribution in [0.4, 0.5) is 0 Å². The maximum atomic E-state index is 11.4. The van der Waals surface area contributed by atoms with Crippen molar-refractivity contribution in [3.05, 3.63) is 47.4 Å². The predicted molar refractivity (Wildman–Crippen MR) is 75.6 cm³/mol. The summed E-state index contributed by atoms with van der Waals surface area (Å²) in [5.74, 6) is 1.22. The monoisotopic (exact) mass is 291 g/mol. The molecule has 1 aromatic heterocycles. The van der Waals surface area contributed by atoms with Crippen molar-refractivity contribution in [3.8, 4) is 11.5 Å². The van der Waals surface area contributed by atoms with Crippen LogP contribution in [0.1, 0.15) is 27.9 Å². The van der Waals surface area contributed by atoms with E-state index >= 15 is 0 Å². The zero-order valence-corrected chi connectivity index (χ0v) is 12.1. The second-order valence-corrected chi connectivity index (χ2v) is 4.29. The molecule has 1 unspecified atom stereocenters. The molecule has 0 radical (unpaired) electrons. The van der Waals surface area contributed by atoms with E-state index in [1.807, 2.05) is 6.07 Å². The van der Waals surface area contributed by atoms with E-state index in [4.69, 9.17) is 19.6 Å². The number of carbonyl (C=O) groups excluding carboxylic acids is 1. The molecule has 0 bridgehead atoms. The Labute approximate surface area is 122 Å². The number of methoxy groups -OCH3 is 3. The first-order valence-electron chi connectivity index (χ1n) is 6.26. The Balaban J connectivity index is 2.29.